The maximum atomic E-state index is 10.7. The van der Waals surface area contributed by atoms with Gasteiger partial charge in [-0.3, -0.25) is 0 Å². The first-order valence-electron chi connectivity index (χ1n) is 4.72. The summed E-state index contributed by atoms with van der Waals surface area (Å²) in [7, 11) is 0. The lowest BCUT2D eigenvalue weighted by Crippen LogP contribution is -1.95. The molecule has 2 aromatic rings. The zero-order valence-electron chi connectivity index (χ0n) is 8.59. The molecule has 1 aromatic carbocycles. The Labute approximate surface area is 110 Å². The minimum atomic E-state index is -0.962. The maximum absolute atomic E-state index is 10.7. The smallest absolute Gasteiger partial charge is 0.347 e. The number of nitrogens with zero attached hydrogens (tertiary/aromatic N) is 1. The summed E-state index contributed by atoms with van der Waals surface area (Å²) in [6.45, 7) is 0.264. The van der Waals surface area contributed by atoms with Crippen molar-refractivity contribution >= 4 is 33.4 Å². The third kappa shape index (κ3) is 3.28. The van der Waals surface area contributed by atoms with E-state index in [1.807, 2.05) is 24.3 Å². The number of rotatable bonds is 4. The summed E-state index contributed by atoms with van der Waals surface area (Å²) >= 11 is 4.30. The van der Waals surface area contributed by atoms with Gasteiger partial charge in [-0.1, -0.05) is 22.0 Å². The highest BCUT2D eigenvalue weighted by molar-refractivity contribution is 9.10. The van der Waals surface area contributed by atoms with Crippen molar-refractivity contribution in [2.45, 2.75) is 6.61 Å². The minimum Gasteiger partial charge on any atom is -0.487 e. The third-order valence-corrected chi connectivity index (χ3v) is 3.26. The number of aromatic nitrogens is 1. The summed E-state index contributed by atoms with van der Waals surface area (Å²) in [4.78, 5) is 10.9. The zero-order chi connectivity index (χ0) is 12.3. The molecule has 0 radical (unpaired) electrons. The quantitative estimate of drug-likeness (QED) is 0.941. The van der Waals surface area contributed by atoms with Crippen molar-refractivity contribution in [1.29, 1.82) is 0 Å². The molecular weight excluding hydrogens is 306 g/mol. The van der Waals surface area contributed by atoms with Crippen molar-refractivity contribution in [2.75, 3.05) is 0 Å². The average molecular weight is 314 g/mol. The lowest BCUT2D eigenvalue weighted by Gasteiger charge is -2.03. The lowest BCUT2D eigenvalue weighted by molar-refractivity contribution is 0.0702. The van der Waals surface area contributed by atoms with E-state index in [1.165, 1.54) is 6.07 Å². The molecule has 0 saturated carbocycles. The Hall–Kier alpha value is -1.40. The molecule has 1 aromatic heterocycles. The number of hydrogen-bond acceptors (Lipinski definition) is 4. The molecule has 0 atom stereocenters. The molecule has 17 heavy (non-hydrogen) atoms. The van der Waals surface area contributed by atoms with E-state index in [9.17, 15) is 4.79 Å². The molecule has 0 saturated heterocycles. The molecule has 1 N–H and O–H groups in total. The van der Waals surface area contributed by atoms with Gasteiger partial charge in [-0.05, 0) is 35.8 Å². The minimum absolute atomic E-state index is 0.220. The van der Waals surface area contributed by atoms with Crippen molar-refractivity contribution < 1.29 is 14.6 Å². The van der Waals surface area contributed by atoms with Crippen LogP contribution in [0.4, 0.5) is 0 Å². The number of carbonyl (C=O) groups is 1. The van der Waals surface area contributed by atoms with Gasteiger partial charge in [0.1, 0.15) is 17.2 Å². The van der Waals surface area contributed by atoms with Gasteiger partial charge in [0.25, 0.3) is 0 Å². The third-order valence-electron chi connectivity index (χ3n) is 1.95. The van der Waals surface area contributed by atoms with Crippen LogP contribution in [0.3, 0.4) is 0 Å². The van der Waals surface area contributed by atoms with Crippen LogP contribution in [0, 0.1) is 0 Å². The summed E-state index contributed by atoms with van der Waals surface area (Å²) in [6.07, 6.45) is 0. The van der Waals surface area contributed by atoms with E-state index in [4.69, 9.17) is 9.84 Å². The fraction of sp³-hybridized carbons (Fsp3) is 0.0909. The molecule has 0 amide bonds. The largest absolute Gasteiger partial charge is 0.487 e. The predicted molar refractivity (Wildman–Crippen MR) is 67.5 cm³/mol. The van der Waals surface area contributed by atoms with E-state index in [0.29, 0.717) is 11.4 Å². The Morgan fingerprint density at radius 1 is 1.47 bits per heavy atom. The summed E-state index contributed by atoms with van der Waals surface area (Å²) < 4.78 is 10.4. The Balaban J connectivity index is 2.00. The molecule has 0 aliphatic rings. The van der Waals surface area contributed by atoms with Gasteiger partial charge in [-0.2, -0.15) is 4.37 Å². The summed E-state index contributed by atoms with van der Waals surface area (Å²) in [5.41, 5.74) is 0.618. The molecule has 6 heteroatoms. The molecule has 0 aliphatic heterocycles. The van der Waals surface area contributed by atoms with Gasteiger partial charge in [-0.25, -0.2) is 4.79 Å². The van der Waals surface area contributed by atoms with Crippen LogP contribution < -0.4 is 4.74 Å². The van der Waals surface area contributed by atoms with Crippen LogP contribution in [0.25, 0.3) is 0 Å². The first kappa shape index (κ1) is 12.1. The van der Waals surface area contributed by atoms with Crippen LogP contribution in [-0.4, -0.2) is 15.4 Å². The van der Waals surface area contributed by atoms with Gasteiger partial charge in [0.05, 0.1) is 5.69 Å². The van der Waals surface area contributed by atoms with Gasteiger partial charge < -0.3 is 9.84 Å². The maximum Gasteiger partial charge on any atom is 0.347 e. The topological polar surface area (TPSA) is 59.4 Å². The van der Waals surface area contributed by atoms with Crippen LogP contribution in [-0.2, 0) is 6.61 Å². The van der Waals surface area contributed by atoms with E-state index in [1.54, 1.807) is 0 Å². The zero-order valence-corrected chi connectivity index (χ0v) is 11.0. The molecule has 0 spiro atoms. The fourth-order valence-electron chi connectivity index (χ4n) is 1.19. The first-order chi connectivity index (χ1) is 8.15. The second-order valence-corrected chi connectivity index (χ2v) is 4.95. The average Bonchev–Trinajstić information content (AvgIpc) is 2.75. The van der Waals surface area contributed by atoms with Gasteiger partial charge in [-0.15, -0.1) is 0 Å². The van der Waals surface area contributed by atoms with E-state index in [0.717, 1.165) is 16.0 Å². The SMILES string of the molecule is O=C(O)c1cc(COc2cccc(Br)c2)ns1. The number of carboxylic acids is 1. The fourth-order valence-corrected chi connectivity index (χ4v) is 2.16. The standard InChI is InChI=1S/C11H8BrNO3S/c12-7-2-1-3-9(4-7)16-6-8-5-10(11(14)15)17-13-8/h1-5H,6H2,(H,14,15). The number of ether oxygens (including phenoxy) is 1. The molecular formula is C11H8BrNO3S. The van der Waals surface area contributed by atoms with Crippen molar-refractivity contribution in [2.24, 2.45) is 0 Å². The second-order valence-electron chi connectivity index (χ2n) is 3.23. The molecule has 1 heterocycles. The number of hydrogen-bond donors (Lipinski definition) is 1. The van der Waals surface area contributed by atoms with Gasteiger partial charge in [0, 0.05) is 4.47 Å². The molecule has 0 aliphatic carbocycles. The van der Waals surface area contributed by atoms with Crippen LogP contribution in [0.15, 0.2) is 34.8 Å². The van der Waals surface area contributed by atoms with Crippen LogP contribution >= 0.6 is 27.5 Å². The normalized spacial score (nSPS) is 10.2. The van der Waals surface area contributed by atoms with Gasteiger partial charge >= 0.3 is 5.97 Å². The van der Waals surface area contributed by atoms with Crippen molar-refractivity contribution in [1.82, 2.24) is 4.37 Å². The monoisotopic (exact) mass is 313 g/mol. The van der Waals surface area contributed by atoms with E-state index in [-0.39, 0.29) is 11.5 Å². The summed E-state index contributed by atoms with van der Waals surface area (Å²) in [6, 6.07) is 8.95. The van der Waals surface area contributed by atoms with E-state index >= 15 is 0 Å². The highest BCUT2D eigenvalue weighted by Gasteiger charge is 2.08. The van der Waals surface area contributed by atoms with Gasteiger partial charge in [0.2, 0.25) is 0 Å². The number of carboxylic acid groups (broad SMARTS) is 1. The molecule has 88 valence electrons. The number of aromatic carboxylic acids is 1. The van der Waals surface area contributed by atoms with E-state index < -0.39 is 5.97 Å². The summed E-state index contributed by atoms with van der Waals surface area (Å²) in [5.74, 6) is -0.250. The first-order valence-corrected chi connectivity index (χ1v) is 6.29. The second kappa shape index (κ2) is 5.29. The lowest BCUT2D eigenvalue weighted by atomic mass is 10.3. The van der Waals surface area contributed by atoms with Crippen molar-refractivity contribution in [3.8, 4) is 5.75 Å². The number of benzene rings is 1. The Morgan fingerprint density at radius 2 is 2.29 bits per heavy atom. The summed E-state index contributed by atoms with van der Waals surface area (Å²) in [5, 5.41) is 8.74. The van der Waals surface area contributed by atoms with Crippen LogP contribution in [0.1, 0.15) is 15.4 Å². The Morgan fingerprint density at radius 3 is 2.94 bits per heavy atom. The predicted octanol–water partition coefficient (Wildman–Crippen LogP) is 3.18. The highest BCUT2D eigenvalue weighted by atomic mass is 79.9. The molecule has 2 rings (SSSR count). The van der Waals surface area contributed by atoms with Crippen molar-refractivity contribution in [3.05, 3.63) is 45.4 Å². The highest BCUT2D eigenvalue weighted by Crippen LogP contribution is 2.19. The Kier molecular flexibility index (Phi) is 3.75. The molecule has 0 unspecified atom stereocenters. The van der Waals surface area contributed by atoms with Gasteiger partial charge in [0.15, 0.2) is 0 Å². The van der Waals surface area contributed by atoms with Crippen molar-refractivity contribution in [3.63, 3.8) is 0 Å². The van der Waals surface area contributed by atoms with E-state index in [2.05, 4.69) is 20.3 Å². The molecule has 0 fully saturated rings. The molecule has 4 nitrogen and oxygen atoms in total. The van der Waals surface area contributed by atoms with Crippen LogP contribution in [0.2, 0.25) is 0 Å². The molecule has 0 bridgehead atoms. The number of halogens is 1. The Bertz CT molecular complexity index is 541. The van der Waals surface area contributed by atoms with Crippen LogP contribution in [0.5, 0.6) is 5.75 Å².